The van der Waals surface area contributed by atoms with Gasteiger partial charge in [-0.2, -0.15) is 0 Å². The molecule has 38 heavy (non-hydrogen) atoms. The number of carboxylic acid groups (broad SMARTS) is 1. The minimum atomic E-state index is -1.68. The lowest BCUT2D eigenvalue weighted by molar-refractivity contribution is -0.343. The van der Waals surface area contributed by atoms with Gasteiger partial charge in [0.25, 0.3) is 0 Å². The van der Waals surface area contributed by atoms with Gasteiger partial charge in [0.1, 0.15) is 24.1 Å². The Kier molecular flexibility index (Phi) is 8.71. The maximum absolute atomic E-state index is 12.6. The highest BCUT2D eigenvalue weighted by Crippen LogP contribution is 2.47. The van der Waals surface area contributed by atoms with Crippen molar-refractivity contribution in [2.75, 3.05) is 13.7 Å². The maximum atomic E-state index is 12.6. The molecule has 0 amide bonds. The number of esters is 1. The second-order valence-electron chi connectivity index (χ2n) is 9.58. The number of aliphatic hydroxyl groups is 4. The highest BCUT2D eigenvalue weighted by atomic mass is 16.8. The van der Waals surface area contributed by atoms with E-state index in [1.165, 1.54) is 13.2 Å². The molecule has 0 bridgehead atoms. The topological polar surface area (TPSA) is 181 Å². The highest BCUT2D eigenvalue weighted by Gasteiger charge is 2.54. The van der Waals surface area contributed by atoms with Crippen LogP contribution in [-0.4, -0.2) is 94.3 Å². The molecule has 1 saturated heterocycles. The van der Waals surface area contributed by atoms with Gasteiger partial charge in [-0.15, -0.1) is 0 Å². The van der Waals surface area contributed by atoms with Crippen molar-refractivity contribution in [1.29, 1.82) is 0 Å². The molecule has 1 aromatic rings. The molecule has 2 heterocycles. The molecular weight excluding hydrogens is 504 g/mol. The number of carbonyl (C=O) groups is 2. The first-order valence-corrected chi connectivity index (χ1v) is 12.2. The van der Waals surface area contributed by atoms with Crippen molar-refractivity contribution < 1.29 is 58.8 Å². The van der Waals surface area contributed by atoms with Gasteiger partial charge in [0.15, 0.2) is 6.10 Å². The van der Waals surface area contributed by atoms with Gasteiger partial charge < -0.3 is 49.2 Å². The van der Waals surface area contributed by atoms with Crippen LogP contribution >= 0.6 is 0 Å². The lowest BCUT2D eigenvalue weighted by Gasteiger charge is -2.44. The van der Waals surface area contributed by atoms with E-state index in [1.54, 1.807) is 31.2 Å². The van der Waals surface area contributed by atoms with E-state index in [-0.39, 0.29) is 12.0 Å². The lowest BCUT2D eigenvalue weighted by Crippen LogP contribution is -2.61. The molecule has 1 aromatic carbocycles. The summed E-state index contributed by atoms with van der Waals surface area (Å²) in [5.74, 6) is -2.97. The monoisotopic (exact) mass is 536 g/mol. The largest absolute Gasteiger partial charge is 0.497 e. The molecule has 10 unspecified atom stereocenters. The molecule has 0 radical (unpaired) electrons. The second-order valence-corrected chi connectivity index (χ2v) is 9.58. The van der Waals surface area contributed by atoms with Crippen molar-refractivity contribution in [3.05, 3.63) is 47.7 Å². The zero-order chi connectivity index (χ0) is 27.6. The van der Waals surface area contributed by atoms with Gasteiger partial charge in [-0.3, -0.25) is 0 Å². The van der Waals surface area contributed by atoms with Crippen LogP contribution in [0.25, 0.3) is 6.08 Å². The maximum Gasteiger partial charge on any atom is 0.334 e. The number of fused-ring (bicyclic) bond motifs is 1. The molecule has 0 spiro atoms. The SMILES string of the molecule is COc1ccc(C=CC(=O)OC2C(OC3OC=C(C(=O)O)C4CC(O)C(C)C34)OC(CO)C(O)C2O)cc1. The Bertz CT molecular complexity index is 1050. The number of rotatable bonds is 8. The Balaban J connectivity index is 1.52. The molecule has 4 rings (SSSR count). The number of aliphatic carboxylic acids is 1. The van der Waals surface area contributed by atoms with Crippen molar-refractivity contribution in [3.8, 4) is 5.75 Å². The first-order chi connectivity index (χ1) is 18.1. The van der Waals surface area contributed by atoms with E-state index >= 15 is 0 Å². The summed E-state index contributed by atoms with van der Waals surface area (Å²) >= 11 is 0. The van der Waals surface area contributed by atoms with Crippen LogP contribution in [-0.2, 0) is 28.5 Å². The summed E-state index contributed by atoms with van der Waals surface area (Å²) in [5.41, 5.74) is 0.672. The number of ether oxygens (including phenoxy) is 5. The van der Waals surface area contributed by atoms with Crippen LogP contribution in [0, 0.1) is 17.8 Å². The number of benzene rings is 1. The van der Waals surface area contributed by atoms with Gasteiger partial charge in [0, 0.05) is 17.9 Å². The second kappa shape index (κ2) is 11.8. The number of carboxylic acids is 1. The van der Waals surface area contributed by atoms with Crippen molar-refractivity contribution in [1.82, 2.24) is 0 Å². The van der Waals surface area contributed by atoms with Crippen LogP contribution in [0.15, 0.2) is 42.2 Å². The summed E-state index contributed by atoms with van der Waals surface area (Å²) < 4.78 is 27.6. The summed E-state index contributed by atoms with van der Waals surface area (Å²) in [5, 5.41) is 50.7. The Morgan fingerprint density at radius 1 is 1.11 bits per heavy atom. The van der Waals surface area contributed by atoms with Crippen LogP contribution in [0.3, 0.4) is 0 Å². The van der Waals surface area contributed by atoms with Gasteiger partial charge in [-0.1, -0.05) is 19.1 Å². The van der Waals surface area contributed by atoms with Crippen molar-refractivity contribution in [2.45, 2.75) is 56.4 Å². The predicted octanol–water partition coefficient (Wildman–Crippen LogP) is 0.0337. The standard InChI is InChI=1S/C26H32O12/c1-12-17(28)9-15-16(24(32)33)11-35-25(20(12)15)38-26-23(22(31)21(30)18(10-27)36-26)37-19(29)8-5-13-3-6-14(34-2)7-4-13/h3-8,11-12,15,17-18,20-23,25-28,30-31H,9-10H2,1-2H3,(H,32,33). The van der Waals surface area contributed by atoms with Gasteiger partial charge in [0.05, 0.1) is 31.7 Å². The molecule has 1 aliphatic carbocycles. The number of aliphatic hydroxyl groups excluding tert-OH is 4. The zero-order valence-electron chi connectivity index (χ0n) is 20.8. The quantitative estimate of drug-likeness (QED) is 0.222. The van der Waals surface area contributed by atoms with E-state index in [1.807, 2.05) is 0 Å². The third-order valence-electron chi connectivity index (χ3n) is 7.34. The molecule has 2 aliphatic heterocycles. The molecule has 5 N–H and O–H groups in total. The first-order valence-electron chi connectivity index (χ1n) is 12.2. The highest BCUT2D eigenvalue weighted by molar-refractivity contribution is 5.87. The Hall–Kier alpha value is -3.00. The fraction of sp³-hybridized carbons (Fsp3) is 0.538. The van der Waals surface area contributed by atoms with Crippen molar-refractivity contribution >= 4 is 18.0 Å². The van der Waals surface area contributed by atoms with E-state index in [2.05, 4.69) is 0 Å². The average Bonchev–Trinajstić information content (AvgIpc) is 3.21. The lowest BCUT2D eigenvalue weighted by atomic mass is 9.83. The third-order valence-corrected chi connectivity index (χ3v) is 7.34. The number of hydrogen-bond donors (Lipinski definition) is 5. The van der Waals surface area contributed by atoms with Crippen LogP contribution in [0.2, 0.25) is 0 Å². The van der Waals surface area contributed by atoms with Gasteiger partial charge in [-0.25, -0.2) is 9.59 Å². The van der Waals surface area contributed by atoms with Gasteiger partial charge in [-0.05, 0) is 36.1 Å². The number of hydrogen-bond acceptors (Lipinski definition) is 11. The van der Waals surface area contributed by atoms with Crippen molar-refractivity contribution in [3.63, 3.8) is 0 Å². The first kappa shape index (κ1) is 28.0. The fourth-order valence-electron chi connectivity index (χ4n) is 5.15. The summed E-state index contributed by atoms with van der Waals surface area (Å²) in [7, 11) is 1.53. The van der Waals surface area contributed by atoms with Crippen LogP contribution < -0.4 is 4.74 Å². The third kappa shape index (κ3) is 5.70. The molecular formula is C26H32O12. The van der Waals surface area contributed by atoms with E-state index in [9.17, 15) is 35.1 Å². The predicted molar refractivity (Wildman–Crippen MR) is 128 cm³/mol. The molecule has 0 aromatic heterocycles. The smallest absolute Gasteiger partial charge is 0.334 e. The van der Waals surface area contributed by atoms with Crippen LogP contribution in [0.4, 0.5) is 0 Å². The molecule has 12 heteroatoms. The van der Waals surface area contributed by atoms with E-state index in [4.69, 9.17) is 23.7 Å². The van der Waals surface area contributed by atoms with Crippen molar-refractivity contribution in [2.24, 2.45) is 17.8 Å². The summed E-state index contributed by atoms with van der Waals surface area (Å²) in [4.78, 5) is 24.3. The Morgan fingerprint density at radius 2 is 1.82 bits per heavy atom. The molecule has 208 valence electrons. The molecule has 3 aliphatic rings. The summed E-state index contributed by atoms with van der Waals surface area (Å²) in [6.45, 7) is 1.07. The fourth-order valence-corrected chi connectivity index (χ4v) is 5.15. The molecule has 2 fully saturated rings. The average molecular weight is 537 g/mol. The Morgan fingerprint density at radius 3 is 2.45 bits per heavy atom. The van der Waals surface area contributed by atoms with E-state index in [0.29, 0.717) is 11.3 Å². The Labute approximate surface area is 218 Å². The van der Waals surface area contributed by atoms with Crippen LogP contribution in [0.1, 0.15) is 18.9 Å². The minimum Gasteiger partial charge on any atom is -0.497 e. The zero-order valence-corrected chi connectivity index (χ0v) is 20.8. The molecule has 10 atom stereocenters. The minimum absolute atomic E-state index is 0.00171. The number of carbonyl (C=O) groups excluding carboxylic acids is 1. The summed E-state index contributed by atoms with van der Waals surface area (Å²) in [6.07, 6.45) is -5.61. The summed E-state index contributed by atoms with van der Waals surface area (Å²) in [6, 6.07) is 6.86. The molecule has 1 saturated carbocycles. The molecule has 12 nitrogen and oxygen atoms in total. The van der Waals surface area contributed by atoms with Crippen LogP contribution in [0.5, 0.6) is 5.75 Å². The van der Waals surface area contributed by atoms with E-state index in [0.717, 1.165) is 12.3 Å². The van der Waals surface area contributed by atoms with Gasteiger partial charge >= 0.3 is 11.9 Å². The number of methoxy groups -OCH3 is 1. The van der Waals surface area contributed by atoms with Gasteiger partial charge in [0.2, 0.25) is 12.6 Å². The van der Waals surface area contributed by atoms with E-state index < -0.39 is 79.4 Å². The normalized spacial score (nSPS) is 36.7.